The molecule has 0 heterocycles. The lowest BCUT2D eigenvalue weighted by atomic mass is 9.88. The third-order valence-electron chi connectivity index (χ3n) is 7.08. The molecule has 0 fully saturated rings. The van der Waals surface area contributed by atoms with Crippen molar-refractivity contribution in [2.24, 2.45) is 0 Å². The van der Waals surface area contributed by atoms with Crippen LogP contribution >= 0.6 is 0 Å². The number of phenolic OH excluding ortho intramolecular Hbond substituents is 1. The van der Waals surface area contributed by atoms with Crippen molar-refractivity contribution in [3.8, 4) is 28.0 Å². The molecule has 0 saturated heterocycles. The minimum atomic E-state index is 0.282. The SMILES string of the molecule is Oc1ccc(-c2cccc3cc4c(-c5ccccc5)cc5cc6ccccc6cc5c4cc23)cc1. The van der Waals surface area contributed by atoms with E-state index in [1.54, 1.807) is 12.1 Å². The van der Waals surface area contributed by atoms with E-state index < -0.39 is 0 Å². The average molecular weight is 447 g/mol. The number of hydrogen-bond acceptors (Lipinski definition) is 1. The van der Waals surface area contributed by atoms with Crippen molar-refractivity contribution in [1.29, 1.82) is 0 Å². The fourth-order valence-corrected chi connectivity index (χ4v) is 5.36. The maximum absolute atomic E-state index is 9.80. The number of hydrogen-bond donors (Lipinski definition) is 1. The van der Waals surface area contributed by atoms with Gasteiger partial charge in [0.05, 0.1) is 0 Å². The highest BCUT2D eigenvalue weighted by atomic mass is 16.3. The van der Waals surface area contributed by atoms with E-state index in [0.29, 0.717) is 0 Å². The second-order valence-corrected chi connectivity index (χ2v) is 9.18. The molecule has 1 nitrogen and oxygen atoms in total. The van der Waals surface area contributed by atoms with Crippen LogP contribution in [0.3, 0.4) is 0 Å². The summed E-state index contributed by atoms with van der Waals surface area (Å²) >= 11 is 0. The zero-order valence-electron chi connectivity index (χ0n) is 19.1. The highest BCUT2D eigenvalue weighted by Gasteiger charge is 2.13. The molecular formula is C34H22O. The highest BCUT2D eigenvalue weighted by molar-refractivity contribution is 6.20. The molecule has 0 unspecified atom stereocenters. The van der Waals surface area contributed by atoms with Gasteiger partial charge in [-0.3, -0.25) is 0 Å². The quantitative estimate of drug-likeness (QED) is 0.207. The van der Waals surface area contributed by atoms with E-state index in [0.717, 1.165) is 5.56 Å². The van der Waals surface area contributed by atoms with Crippen LogP contribution in [0.1, 0.15) is 0 Å². The van der Waals surface area contributed by atoms with Gasteiger partial charge in [-0.05, 0) is 108 Å². The minimum absolute atomic E-state index is 0.282. The molecule has 0 aliphatic heterocycles. The number of benzene rings is 7. The van der Waals surface area contributed by atoms with Crippen LogP contribution in [0, 0.1) is 0 Å². The Hall–Kier alpha value is -4.62. The molecule has 0 bridgehead atoms. The first-order valence-corrected chi connectivity index (χ1v) is 11.9. The number of phenols is 1. The molecule has 7 aromatic rings. The summed E-state index contributed by atoms with van der Waals surface area (Å²) in [6.45, 7) is 0. The predicted octanol–water partition coefficient (Wildman–Crippen LogP) is 9.34. The summed E-state index contributed by atoms with van der Waals surface area (Å²) in [7, 11) is 0. The van der Waals surface area contributed by atoms with Crippen molar-refractivity contribution in [3.63, 3.8) is 0 Å². The van der Waals surface area contributed by atoms with Crippen molar-refractivity contribution >= 4 is 43.1 Å². The van der Waals surface area contributed by atoms with Gasteiger partial charge in [0.15, 0.2) is 0 Å². The lowest BCUT2D eigenvalue weighted by Gasteiger charge is -2.15. The summed E-state index contributed by atoms with van der Waals surface area (Å²) < 4.78 is 0. The van der Waals surface area contributed by atoms with Crippen molar-refractivity contribution in [2.75, 3.05) is 0 Å². The van der Waals surface area contributed by atoms with E-state index in [1.165, 1.54) is 59.8 Å². The second kappa shape index (κ2) is 7.72. The molecule has 0 atom stereocenters. The minimum Gasteiger partial charge on any atom is -0.508 e. The first-order chi connectivity index (χ1) is 17.2. The van der Waals surface area contributed by atoms with Crippen molar-refractivity contribution in [3.05, 3.63) is 127 Å². The Kier molecular flexibility index (Phi) is 4.37. The maximum Gasteiger partial charge on any atom is 0.115 e. The standard InChI is InChI=1S/C34H22O/c35-28-15-13-23(14-16-28)29-12-6-11-26-19-33-30(22-7-2-1-3-8-22)20-27-17-24-9-4-5-10-25(24)18-31(27)34(33)21-32(26)29/h1-21,35H. The smallest absolute Gasteiger partial charge is 0.115 e. The summed E-state index contributed by atoms with van der Waals surface area (Å²) in [5.74, 6) is 0.282. The van der Waals surface area contributed by atoms with Crippen molar-refractivity contribution < 1.29 is 5.11 Å². The van der Waals surface area contributed by atoms with Crippen LogP contribution in [0.4, 0.5) is 0 Å². The Balaban J connectivity index is 1.64. The first kappa shape index (κ1) is 19.8. The van der Waals surface area contributed by atoms with Gasteiger partial charge in [0.25, 0.3) is 0 Å². The third-order valence-corrected chi connectivity index (χ3v) is 7.08. The van der Waals surface area contributed by atoms with Crippen LogP contribution in [0.2, 0.25) is 0 Å². The van der Waals surface area contributed by atoms with E-state index in [4.69, 9.17) is 0 Å². The Bertz CT molecular complexity index is 1880. The van der Waals surface area contributed by atoms with Crippen LogP contribution in [0.15, 0.2) is 127 Å². The molecule has 0 saturated carbocycles. The fraction of sp³-hybridized carbons (Fsp3) is 0. The molecule has 0 amide bonds. The van der Waals surface area contributed by atoms with Crippen LogP contribution < -0.4 is 0 Å². The van der Waals surface area contributed by atoms with Gasteiger partial charge in [-0.15, -0.1) is 0 Å². The summed E-state index contributed by atoms with van der Waals surface area (Å²) in [6.07, 6.45) is 0. The predicted molar refractivity (Wildman–Crippen MR) is 149 cm³/mol. The van der Waals surface area contributed by atoms with Gasteiger partial charge in [-0.25, -0.2) is 0 Å². The van der Waals surface area contributed by atoms with Crippen LogP contribution in [-0.4, -0.2) is 5.11 Å². The zero-order valence-corrected chi connectivity index (χ0v) is 19.1. The first-order valence-electron chi connectivity index (χ1n) is 11.9. The van der Waals surface area contributed by atoms with Gasteiger partial charge < -0.3 is 5.11 Å². The fourth-order valence-electron chi connectivity index (χ4n) is 5.36. The van der Waals surface area contributed by atoms with Crippen LogP contribution in [0.5, 0.6) is 5.75 Å². The van der Waals surface area contributed by atoms with Gasteiger partial charge in [0, 0.05) is 0 Å². The molecule has 1 N–H and O–H groups in total. The maximum atomic E-state index is 9.80. The van der Waals surface area contributed by atoms with Gasteiger partial charge in [-0.1, -0.05) is 84.9 Å². The number of aromatic hydroxyl groups is 1. The normalized spacial score (nSPS) is 11.5. The molecule has 0 aliphatic rings. The van der Waals surface area contributed by atoms with E-state index in [1.807, 2.05) is 12.1 Å². The Morgan fingerprint density at radius 2 is 1.00 bits per heavy atom. The molecule has 0 aromatic heterocycles. The largest absolute Gasteiger partial charge is 0.508 e. The summed E-state index contributed by atoms with van der Waals surface area (Å²) in [5, 5.41) is 19.8. The van der Waals surface area contributed by atoms with Gasteiger partial charge in [0.2, 0.25) is 0 Å². The van der Waals surface area contributed by atoms with E-state index in [9.17, 15) is 5.11 Å². The average Bonchev–Trinajstić information content (AvgIpc) is 2.91. The van der Waals surface area contributed by atoms with Crippen molar-refractivity contribution in [2.45, 2.75) is 0 Å². The molecule has 164 valence electrons. The van der Waals surface area contributed by atoms with Crippen LogP contribution in [0.25, 0.3) is 65.3 Å². The van der Waals surface area contributed by atoms with E-state index in [-0.39, 0.29) is 5.75 Å². The topological polar surface area (TPSA) is 20.2 Å². The molecular weight excluding hydrogens is 424 g/mol. The van der Waals surface area contributed by atoms with E-state index >= 15 is 0 Å². The Morgan fingerprint density at radius 3 is 1.80 bits per heavy atom. The summed E-state index contributed by atoms with van der Waals surface area (Å²) in [4.78, 5) is 0. The zero-order chi connectivity index (χ0) is 23.4. The lowest BCUT2D eigenvalue weighted by Crippen LogP contribution is -1.88. The second-order valence-electron chi connectivity index (χ2n) is 9.18. The Morgan fingerprint density at radius 1 is 0.343 bits per heavy atom. The molecule has 7 rings (SSSR count). The molecule has 0 radical (unpaired) electrons. The highest BCUT2D eigenvalue weighted by Crippen LogP contribution is 2.40. The number of fused-ring (bicyclic) bond motifs is 5. The summed E-state index contributed by atoms with van der Waals surface area (Å²) in [6, 6.07) is 44.9. The van der Waals surface area contributed by atoms with Gasteiger partial charge >= 0.3 is 0 Å². The van der Waals surface area contributed by atoms with Gasteiger partial charge in [-0.2, -0.15) is 0 Å². The third kappa shape index (κ3) is 3.25. The summed E-state index contributed by atoms with van der Waals surface area (Å²) in [5.41, 5.74) is 4.74. The Labute approximate surface area is 203 Å². The molecule has 35 heavy (non-hydrogen) atoms. The molecule has 0 aliphatic carbocycles. The molecule has 7 aromatic carbocycles. The number of rotatable bonds is 2. The monoisotopic (exact) mass is 446 g/mol. The van der Waals surface area contributed by atoms with Crippen LogP contribution in [-0.2, 0) is 0 Å². The molecule has 1 heteroatoms. The van der Waals surface area contributed by atoms with E-state index in [2.05, 4.69) is 103 Å². The van der Waals surface area contributed by atoms with Crippen molar-refractivity contribution in [1.82, 2.24) is 0 Å². The van der Waals surface area contributed by atoms with Gasteiger partial charge in [0.1, 0.15) is 5.75 Å². The molecule has 0 spiro atoms. The lowest BCUT2D eigenvalue weighted by molar-refractivity contribution is 0.475.